The van der Waals surface area contributed by atoms with Gasteiger partial charge in [-0.1, -0.05) is 12.1 Å². The van der Waals surface area contributed by atoms with E-state index in [0.29, 0.717) is 35.6 Å². The monoisotopic (exact) mass is 438 g/mol. The summed E-state index contributed by atoms with van der Waals surface area (Å²) in [6.45, 7) is 2.68. The maximum Gasteiger partial charge on any atom is 0.338 e. The summed E-state index contributed by atoms with van der Waals surface area (Å²) < 4.78 is 36.4. The molecule has 0 saturated carbocycles. The number of benzene rings is 2. The number of hydrogen-bond acceptors (Lipinski definition) is 5. The number of hydrogen-bond donors (Lipinski definition) is 2. The first-order valence-corrected chi connectivity index (χ1v) is 9.81. The number of nitrogens with zero attached hydrogens (tertiary/aromatic N) is 3. The van der Waals surface area contributed by atoms with E-state index in [1.165, 1.54) is 36.7 Å². The molecule has 32 heavy (non-hydrogen) atoms. The average molecular weight is 438 g/mol. The van der Waals surface area contributed by atoms with Crippen molar-refractivity contribution >= 4 is 22.7 Å². The van der Waals surface area contributed by atoms with Crippen LogP contribution in [0.1, 0.15) is 16.1 Å². The van der Waals surface area contributed by atoms with Crippen LogP contribution in [0.3, 0.4) is 0 Å². The van der Waals surface area contributed by atoms with Crippen LogP contribution in [0.25, 0.3) is 22.2 Å². The molecule has 164 valence electrons. The normalized spacial score (nSPS) is 11.0. The molecule has 0 spiro atoms. The quantitative estimate of drug-likeness (QED) is 0.442. The largest absolute Gasteiger partial charge is 0.494 e. The van der Waals surface area contributed by atoms with Gasteiger partial charge in [-0.3, -0.25) is 0 Å². The van der Waals surface area contributed by atoms with Crippen molar-refractivity contribution in [1.82, 2.24) is 14.5 Å². The molecule has 2 aromatic carbocycles. The lowest BCUT2D eigenvalue weighted by Crippen LogP contribution is -2.13. The molecule has 0 saturated heterocycles. The number of anilines is 1. The van der Waals surface area contributed by atoms with Crippen molar-refractivity contribution in [3.05, 3.63) is 71.7 Å². The van der Waals surface area contributed by atoms with Gasteiger partial charge >= 0.3 is 5.97 Å². The van der Waals surface area contributed by atoms with Crippen molar-refractivity contribution in [2.24, 2.45) is 0 Å². The van der Waals surface area contributed by atoms with E-state index < -0.39 is 17.3 Å². The minimum Gasteiger partial charge on any atom is -0.494 e. The maximum absolute atomic E-state index is 14.6. The molecule has 0 amide bonds. The number of aromatic carboxylic acids is 1. The SMILES string of the molecule is COc1c(C)n(CCNc2cc(-c3cccc(C(=O)O)c3F)ncn2)c2c(F)cccc12. The zero-order chi connectivity index (χ0) is 22.8. The third-order valence-electron chi connectivity index (χ3n) is 5.25. The zero-order valence-electron chi connectivity index (χ0n) is 17.4. The number of methoxy groups -OCH3 is 1. The van der Waals surface area contributed by atoms with Crippen LogP contribution in [0.2, 0.25) is 0 Å². The average Bonchev–Trinajstić information content (AvgIpc) is 3.05. The number of ether oxygens (including phenoxy) is 1. The van der Waals surface area contributed by atoms with E-state index in [2.05, 4.69) is 15.3 Å². The van der Waals surface area contributed by atoms with Gasteiger partial charge in [0.25, 0.3) is 0 Å². The third kappa shape index (κ3) is 3.73. The van der Waals surface area contributed by atoms with Gasteiger partial charge in [-0.15, -0.1) is 0 Å². The number of carbonyl (C=O) groups is 1. The van der Waals surface area contributed by atoms with E-state index in [-0.39, 0.29) is 17.1 Å². The fourth-order valence-corrected chi connectivity index (χ4v) is 3.79. The Balaban J connectivity index is 1.57. The Hall–Kier alpha value is -4.01. The Labute approximate surface area is 182 Å². The molecule has 2 heterocycles. The van der Waals surface area contributed by atoms with E-state index in [1.807, 2.05) is 17.6 Å². The summed E-state index contributed by atoms with van der Waals surface area (Å²) in [6.07, 6.45) is 1.27. The summed E-state index contributed by atoms with van der Waals surface area (Å²) in [5, 5.41) is 13.0. The van der Waals surface area contributed by atoms with Crippen LogP contribution in [-0.2, 0) is 6.54 Å². The van der Waals surface area contributed by atoms with Crippen molar-refractivity contribution in [2.75, 3.05) is 19.0 Å². The Kier molecular flexibility index (Phi) is 5.72. The van der Waals surface area contributed by atoms with Gasteiger partial charge in [0.2, 0.25) is 0 Å². The van der Waals surface area contributed by atoms with Gasteiger partial charge in [0.05, 0.1) is 29.6 Å². The van der Waals surface area contributed by atoms with Crippen molar-refractivity contribution < 1.29 is 23.4 Å². The molecule has 0 aliphatic rings. The topological polar surface area (TPSA) is 89.3 Å². The Morgan fingerprint density at radius 3 is 2.72 bits per heavy atom. The highest BCUT2D eigenvalue weighted by Gasteiger charge is 2.18. The fourth-order valence-electron chi connectivity index (χ4n) is 3.79. The smallest absolute Gasteiger partial charge is 0.338 e. The fraction of sp³-hybridized carbons (Fsp3) is 0.174. The first-order chi connectivity index (χ1) is 15.4. The van der Waals surface area contributed by atoms with Crippen molar-refractivity contribution in [3.63, 3.8) is 0 Å². The molecule has 4 aromatic rings. The van der Waals surface area contributed by atoms with Crippen LogP contribution in [0, 0.1) is 18.6 Å². The molecule has 7 nitrogen and oxygen atoms in total. The number of carboxylic acid groups (broad SMARTS) is 1. The van der Waals surface area contributed by atoms with E-state index in [1.54, 1.807) is 13.2 Å². The van der Waals surface area contributed by atoms with Crippen LogP contribution in [0.5, 0.6) is 5.75 Å². The first-order valence-electron chi connectivity index (χ1n) is 9.81. The third-order valence-corrected chi connectivity index (χ3v) is 5.25. The van der Waals surface area contributed by atoms with Gasteiger partial charge < -0.3 is 19.7 Å². The molecule has 2 aromatic heterocycles. The number of aromatic nitrogens is 3. The van der Waals surface area contributed by atoms with E-state index >= 15 is 0 Å². The highest BCUT2D eigenvalue weighted by molar-refractivity contribution is 5.90. The van der Waals surface area contributed by atoms with Crippen LogP contribution in [-0.4, -0.2) is 39.3 Å². The van der Waals surface area contributed by atoms with Crippen LogP contribution >= 0.6 is 0 Å². The number of carboxylic acids is 1. The molecule has 0 fully saturated rings. The standard InChI is InChI=1S/C23H20F2N4O3/c1-13-22(32-2)16-7-4-8-17(24)21(16)29(13)10-9-26-19-11-18(27-12-28-19)14-5-3-6-15(20(14)25)23(30)31/h3-8,11-12H,9-10H2,1-2H3,(H,30,31)(H,26,27,28). The summed E-state index contributed by atoms with van der Waals surface area (Å²) >= 11 is 0. The molecule has 0 bridgehead atoms. The molecule has 9 heteroatoms. The van der Waals surface area contributed by atoms with E-state index in [0.717, 1.165) is 5.69 Å². The van der Waals surface area contributed by atoms with Gasteiger partial charge in [-0.25, -0.2) is 23.5 Å². The molecular weight excluding hydrogens is 418 g/mol. The van der Waals surface area contributed by atoms with Crippen molar-refractivity contribution in [3.8, 4) is 17.0 Å². The highest BCUT2D eigenvalue weighted by atomic mass is 19.1. The highest BCUT2D eigenvalue weighted by Crippen LogP contribution is 2.34. The van der Waals surface area contributed by atoms with Crippen LogP contribution < -0.4 is 10.1 Å². The Morgan fingerprint density at radius 2 is 1.97 bits per heavy atom. The second kappa shape index (κ2) is 8.62. The predicted molar refractivity (Wildman–Crippen MR) is 116 cm³/mol. The number of rotatable bonds is 7. The van der Waals surface area contributed by atoms with Gasteiger partial charge in [0.15, 0.2) is 0 Å². The molecular formula is C23H20F2N4O3. The summed E-state index contributed by atoms with van der Waals surface area (Å²) in [7, 11) is 1.55. The summed E-state index contributed by atoms with van der Waals surface area (Å²) in [4.78, 5) is 19.4. The Bertz CT molecular complexity index is 1320. The van der Waals surface area contributed by atoms with E-state index in [9.17, 15) is 13.6 Å². The van der Waals surface area contributed by atoms with Crippen molar-refractivity contribution in [1.29, 1.82) is 0 Å². The van der Waals surface area contributed by atoms with Crippen molar-refractivity contribution in [2.45, 2.75) is 13.5 Å². The first kappa shape index (κ1) is 21.2. The minimum atomic E-state index is -1.35. The van der Waals surface area contributed by atoms with Gasteiger partial charge in [-0.05, 0) is 31.2 Å². The lowest BCUT2D eigenvalue weighted by atomic mass is 10.1. The number of para-hydroxylation sites is 1. The lowest BCUT2D eigenvalue weighted by Gasteiger charge is -2.11. The predicted octanol–water partition coefficient (Wildman–Crippen LogP) is 4.50. The second-order valence-electron chi connectivity index (χ2n) is 7.09. The summed E-state index contributed by atoms with van der Waals surface area (Å²) in [5.74, 6) is -1.50. The molecule has 0 aliphatic carbocycles. The van der Waals surface area contributed by atoms with Crippen LogP contribution in [0.4, 0.5) is 14.6 Å². The summed E-state index contributed by atoms with van der Waals surface area (Å²) in [5.41, 5.74) is 1.14. The number of halogens is 2. The van der Waals surface area contributed by atoms with Crippen LogP contribution in [0.15, 0.2) is 48.8 Å². The van der Waals surface area contributed by atoms with E-state index in [4.69, 9.17) is 9.84 Å². The summed E-state index contributed by atoms with van der Waals surface area (Å²) in [6, 6.07) is 10.5. The van der Waals surface area contributed by atoms with Gasteiger partial charge in [0.1, 0.15) is 29.5 Å². The minimum absolute atomic E-state index is 0.0643. The number of fused-ring (bicyclic) bond motifs is 1. The molecule has 0 atom stereocenters. The number of nitrogens with one attached hydrogen (secondary N) is 1. The second-order valence-corrected chi connectivity index (χ2v) is 7.09. The van der Waals surface area contributed by atoms with Gasteiger partial charge in [-0.2, -0.15) is 0 Å². The molecule has 0 aliphatic heterocycles. The molecule has 0 radical (unpaired) electrons. The molecule has 0 unspecified atom stereocenters. The Morgan fingerprint density at radius 1 is 1.19 bits per heavy atom. The maximum atomic E-state index is 14.6. The molecule has 4 rings (SSSR count). The molecule has 2 N–H and O–H groups in total. The lowest BCUT2D eigenvalue weighted by molar-refractivity contribution is 0.0692. The van der Waals surface area contributed by atoms with Gasteiger partial charge in [0, 0.05) is 30.1 Å². The zero-order valence-corrected chi connectivity index (χ0v) is 17.4.